The summed E-state index contributed by atoms with van der Waals surface area (Å²) >= 11 is 1.55. The highest BCUT2D eigenvalue weighted by Gasteiger charge is 2.33. The van der Waals surface area contributed by atoms with E-state index in [1.54, 1.807) is 18.4 Å². The molecular weight excluding hydrogens is 370 g/mol. The van der Waals surface area contributed by atoms with Gasteiger partial charge in [-0.1, -0.05) is 55.7 Å². The lowest BCUT2D eigenvalue weighted by atomic mass is 9.90. The number of methoxy groups -OCH3 is 1. The van der Waals surface area contributed by atoms with Gasteiger partial charge in [-0.25, -0.2) is 0 Å². The Kier molecular flexibility index (Phi) is 5.18. The SMILES string of the molecule is CCCCCCN1C(=O)c2cccc3c(-c4ccc(OC)s4)ccc(c23)C1=O. The van der Waals surface area contributed by atoms with Crippen LogP contribution < -0.4 is 4.74 Å². The van der Waals surface area contributed by atoms with Crippen LogP contribution in [0.5, 0.6) is 5.06 Å². The smallest absolute Gasteiger partial charge is 0.261 e. The van der Waals surface area contributed by atoms with Gasteiger partial charge in [-0.05, 0) is 41.6 Å². The Balaban J connectivity index is 1.77. The molecule has 0 fully saturated rings. The zero-order valence-electron chi connectivity index (χ0n) is 16.2. The van der Waals surface area contributed by atoms with Gasteiger partial charge in [-0.3, -0.25) is 14.5 Å². The Bertz CT molecular complexity index is 1030. The maximum atomic E-state index is 13.1. The van der Waals surface area contributed by atoms with E-state index in [0.717, 1.165) is 52.0 Å². The second-order valence-corrected chi connectivity index (χ2v) is 8.08. The van der Waals surface area contributed by atoms with Gasteiger partial charge in [0.2, 0.25) is 0 Å². The number of hydrogen-bond acceptors (Lipinski definition) is 4. The Hall–Kier alpha value is -2.66. The number of ether oxygens (including phenoxy) is 1. The van der Waals surface area contributed by atoms with E-state index < -0.39 is 0 Å². The molecule has 1 aliphatic rings. The molecule has 1 aromatic heterocycles. The van der Waals surface area contributed by atoms with Gasteiger partial charge in [0, 0.05) is 27.9 Å². The van der Waals surface area contributed by atoms with Gasteiger partial charge in [0.05, 0.1) is 7.11 Å². The van der Waals surface area contributed by atoms with Crippen molar-refractivity contribution in [2.45, 2.75) is 32.6 Å². The van der Waals surface area contributed by atoms with Crippen LogP contribution in [0.3, 0.4) is 0 Å². The predicted molar refractivity (Wildman–Crippen MR) is 113 cm³/mol. The Labute approximate surface area is 168 Å². The third-order valence-corrected chi connectivity index (χ3v) is 6.35. The minimum Gasteiger partial charge on any atom is -0.487 e. The van der Waals surface area contributed by atoms with E-state index >= 15 is 0 Å². The van der Waals surface area contributed by atoms with Crippen molar-refractivity contribution in [3.05, 3.63) is 53.6 Å². The molecule has 0 saturated heterocycles. The number of imide groups is 1. The summed E-state index contributed by atoms with van der Waals surface area (Å²) in [4.78, 5) is 28.6. The lowest BCUT2D eigenvalue weighted by Crippen LogP contribution is -2.40. The molecule has 0 unspecified atom stereocenters. The van der Waals surface area contributed by atoms with Crippen LogP contribution in [0.15, 0.2) is 42.5 Å². The molecule has 0 atom stereocenters. The number of unbranched alkanes of at least 4 members (excludes halogenated alkanes) is 3. The first-order valence-corrected chi connectivity index (χ1v) is 10.5. The Morgan fingerprint density at radius 1 is 0.893 bits per heavy atom. The molecule has 4 nitrogen and oxygen atoms in total. The molecule has 0 spiro atoms. The summed E-state index contributed by atoms with van der Waals surface area (Å²) in [5.74, 6) is -0.360. The van der Waals surface area contributed by atoms with Crippen molar-refractivity contribution in [1.82, 2.24) is 4.90 Å². The van der Waals surface area contributed by atoms with Crippen LogP contribution in [-0.4, -0.2) is 30.4 Å². The predicted octanol–water partition coefficient (Wildman–Crippen LogP) is 5.75. The fourth-order valence-corrected chi connectivity index (χ4v) is 4.70. The average Bonchev–Trinajstić information content (AvgIpc) is 3.20. The maximum Gasteiger partial charge on any atom is 0.261 e. The summed E-state index contributed by atoms with van der Waals surface area (Å²) < 4.78 is 5.31. The number of benzene rings is 2. The zero-order valence-corrected chi connectivity index (χ0v) is 17.0. The molecule has 0 N–H and O–H groups in total. The van der Waals surface area contributed by atoms with E-state index in [1.165, 1.54) is 4.90 Å². The lowest BCUT2D eigenvalue weighted by Gasteiger charge is -2.27. The largest absolute Gasteiger partial charge is 0.487 e. The quantitative estimate of drug-likeness (QED) is 0.379. The molecule has 0 radical (unpaired) electrons. The van der Waals surface area contributed by atoms with E-state index in [0.29, 0.717) is 17.7 Å². The highest BCUT2D eigenvalue weighted by atomic mass is 32.1. The van der Waals surface area contributed by atoms with Crippen LogP contribution in [0, 0.1) is 0 Å². The summed E-state index contributed by atoms with van der Waals surface area (Å²) in [5.41, 5.74) is 2.26. The van der Waals surface area contributed by atoms with Gasteiger partial charge in [0.1, 0.15) is 0 Å². The number of thiophene rings is 1. The number of rotatable bonds is 7. The molecule has 0 bridgehead atoms. The standard InChI is InChI=1S/C23H23NO3S/c1-3-4-5-6-14-24-22(25)17-9-7-8-16-15(19-12-13-20(27-2)28-19)10-11-18(21(16)17)23(24)26/h7-13H,3-6,14H2,1-2H3. The van der Waals surface area contributed by atoms with Crippen LogP contribution in [-0.2, 0) is 0 Å². The van der Waals surface area contributed by atoms with Crippen molar-refractivity contribution in [1.29, 1.82) is 0 Å². The van der Waals surface area contributed by atoms with E-state index in [9.17, 15) is 9.59 Å². The van der Waals surface area contributed by atoms with Crippen molar-refractivity contribution >= 4 is 33.9 Å². The highest BCUT2D eigenvalue weighted by Crippen LogP contribution is 2.40. The van der Waals surface area contributed by atoms with Crippen LogP contribution in [0.4, 0.5) is 0 Å². The van der Waals surface area contributed by atoms with Crippen LogP contribution >= 0.6 is 11.3 Å². The van der Waals surface area contributed by atoms with E-state index in [4.69, 9.17) is 4.74 Å². The summed E-state index contributed by atoms with van der Waals surface area (Å²) in [5, 5.41) is 2.54. The molecule has 1 aliphatic heterocycles. The van der Waals surface area contributed by atoms with Crippen molar-refractivity contribution in [2.75, 3.05) is 13.7 Å². The maximum absolute atomic E-state index is 13.1. The van der Waals surface area contributed by atoms with Crippen molar-refractivity contribution < 1.29 is 14.3 Å². The van der Waals surface area contributed by atoms with Gasteiger partial charge in [-0.15, -0.1) is 0 Å². The molecule has 28 heavy (non-hydrogen) atoms. The number of amides is 2. The highest BCUT2D eigenvalue weighted by molar-refractivity contribution is 7.17. The summed E-state index contributed by atoms with van der Waals surface area (Å²) in [7, 11) is 1.65. The second-order valence-electron chi connectivity index (χ2n) is 7.03. The second kappa shape index (κ2) is 7.76. The lowest BCUT2D eigenvalue weighted by molar-refractivity contribution is 0.0608. The number of carbonyl (C=O) groups is 2. The minimum atomic E-state index is -0.180. The Morgan fingerprint density at radius 3 is 2.36 bits per heavy atom. The van der Waals surface area contributed by atoms with E-state index in [2.05, 4.69) is 6.92 Å². The molecular formula is C23H23NO3S. The fraction of sp³-hybridized carbons (Fsp3) is 0.304. The Morgan fingerprint density at radius 2 is 1.64 bits per heavy atom. The van der Waals surface area contributed by atoms with Gasteiger partial charge in [0.15, 0.2) is 5.06 Å². The van der Waals surface area contributed by atoms with Crippen molar-refractivity contribution in [3.8, 4) is 15.5 Å². The van der Waals surface area contributed by atoms with Crippen molar-refractivity contribution in [3.63, 3.8) is 0 Å². The molecule has 144 valence electrons. The molecule has 2 amide bonds. The number of hydrogen-bond donors (Lipinski definition) is 0. The average molecular weight is 394 g/mol. The molecule has 0 aliphatic carbocycles. The molecule has 5 heteroatoms. The number of carbonyl (C=O) groups excluding carboxylic acids is 2. The molecule has 3 aromatic rings. The topological polar surface area (TPSA) is 46.6 Å². The van der Waals surface area contributed by atoms with Gasteiger partial charge >= 0.3 is 0 Å². The third kappa shape index (κ3) is 3.10. The van der Waals surface area contributed by atoms with Crippen molar-refractivity contribution in [2.24, 2.45) is 0 Å². The molecule has 0 saturated carbocycles. The van der Waals surface area contributed by atoms with Gasteiger partial charge < -0.3 is 4.74 Å². The zero-order chi connectivity index (χ0) is 19.7. The third-order valence-electron chi connectivity index (χ3n) is 5.28. The molecule has 2 aromatic carbocycles. The molecule has 2 heterocycles. The van der Waals surface area contributed by atoms with E-state index in [-0.39, 0.29) is 11.8 Å². The summed E-state index contributed by atoms with van der Waals surface area (Å²) in [6.45, 7) is 2.63. The monoisotopic (exact) mass is 393 g/mol. The summed E-state index contributed by atoms with van der Waals surface area (Å²) in [6, 6.07) is 13.5. The van der Waals surface area contributed by atoms with Gasteiger partial charge in [-0.2, -0.15) is 0 Å². The summed E-state index contributed by atoms with van der Waals surface area (Å²) in [6.07, 6.45) is 4.13. The number of nitrogens with zero attached hydrogens (tertiary/aromatic N) is 1. The van der Waals surface area contributed by atoms with Crippen LogP contribution in [0.2, 0.25) is 0 Å². The fourth-order valence-electron chi connectivity index (χ4n) is 3.84. The van der Waals surface area contributed by atoms with E-state index in [1.807, 2.05) is 42.5 Å². The first kappa shape index (κ1) is 18.7. The van der Waals surface area contributed by atoms with Gasteiger partial charge in [0.25, 0.3) is 11.8 Å². The minimum absolute atomic E-state index is 0.180. The molecule has 4 rings (SSSR count). The van der Waals surface area contributed by atoms with Crippen LogP contribution in [0.1, 0.15) is 53.3 Å². The normalized spacial score (nSPS) is 13.4. The first-order valence-electron chi connectivity index (χ1n) is 9.71. The first-order chi connectivity index (χ1) is 13.7. The van der Waals surface area contributed by atoms with Crippen LogP contribution in [0.25, 0.3) is 21.2 Å².